The van der Waals surface area contributed by atoms with E-state index in [1.54, 1.807) is 24.3 Å². The molecule has 2 aromatic carbocycles. The van der Waals surface area contributed by atoms with Gasteiger partial charge in [-0.05, 0) is 66.5 Å². The molecule has 30 heavy (non-hydrogen) atoms. The van der Waals surface area contributed by atoms with E-state index >= 15 is 0 Å². The molecule has 0 aliphatic heterocycles. The predicted molar refractivity (Wildman–Crippen MR) is 123 cm³/mol. The Morgan fingerprint density at radius 3 is 2.20 bits per heavy atom. The van der Waals surface area contributed by atoms with Gasteiger partial charge in [0.15, 0.2) is 0 Å². The van der Waals surface area contributed by atoms with Crippen LogP contribution in [0.4, 0.5) is 0 Å². The summed E-state index contributed by atoms with van der Waals surface area (Å²) in [6.07, 6.45) is 2.95. The Balaban J connectivity index is 2.20. The summed E-state index contributed by atoms with van der Waals surface area (Å²) in [5.74, 6) is -0.795. The molecule has 1 atom stereocenters. The molecule has 0 fully saturated rings. The number of halogens is 1. The Labute approximate surface area is 188 Å². The number of benzene rings is 2. The minimum Gasteiger partial charge on any atom is -0.481 e. The van der Waals surface area contributed by atoms with Crippen LogP contribution in [0.5, 0.6) is 0 Å². The first-order valence-electron chi connectivity index (χ1n) is 10.0. The molecule has 5 nitrogen and oxygen atoms in total. The fourth-order valence-electron chi connectivity index (χ4n) is 3.10. The molecule has 0 radical (unpaired) electrons. The first-order chi connectivity index (χ1) is 14.0. The van der Waals surface area contributed by atoms with Gasteiger partial charge in [-0.1, -0.05) is 61.0 Å². The fourth-order valence-corrected chi connectivity index (χ4v) is 4.62. The summed E-state index contributed by atoms with van der Waals surface area (Å²) in [6.45, 7) is 6.41. The maximum absolute atomic E-state index is 12.9. The normalized spacial score (nSPS) is 13.2. The highest BCUT2D eigenvalue weighted by molar-refractivity contribution is 9.10. The van der Waals surface area contributed by atoms with Gasteiger partial charge < -0.3 is 5.11 Å². The molecule has 2 N–H and O–H groups in total. The third-order valence-electron chi connectivity index (χ3n) is 4.84. The zero-order valence-corrected chi connectivity index (χ0v) is 20.1. The molecule has 0 aromatic heterocycles. The highest BCUT2D eigenvalue weighted by Crippen LogP contribution is 2.29. The molecular formula is C23H30BrNO4S. The highest BCUT2D eigenvalue weighted by atomic mass is 79.9. The van der Waals surface area contributed by atoms with Crippen LogP contribution in [-0.2, 0) is 21.2 Å². The van der Waals surface area contributed by atoms with Crippen molar-refractivity contribution >= 4 is 31.9 Å². The zero-order valence-electron chi connectivity index (χ0n) is 17.7. The second kappa shape index (κ2) is 10.6. The van der Waals surface area contributed by atoms with Crippen molar-refractivity contribution in [1.29, 1.82) is 0 Å². The molecule has 0 aliphatic rings. The standard InChI is InChI=1S/C23H30BrNO4S/c1-23(2,3)16-15-21(25-30(28,29)20-13-11-19(24)12-14-20)18-9-7-17(8-10-18)5-4-6-22(26)27/h7-14,21,25H,4-6,15-16H2,1-3H3,(H,26,27). The first kappa shape index (κ1) is 24.6. The number of aliphatic carboxylic acids is 1. The number of nitrogens with one attached hydrogen (secondary N) is 1. The second-order valence-electron chi connectivity index (χ2n) is 8.72. The van der Waals surface area contributed by atoms with Crippen molar-refractivity contribution in [2.75, 3.05) is 0 Å². The lowest BCUT2D eigenvalue weighted by molar-refractivity contribution is -0.137. The minimum absolute atomic E-state index is 0.0814. The lowest BCUT2D eigenvalue weighted by atomic mass is 9.87. The largest absolute Gasteiger partial charge is 0.481 e. The van der Waals surface area contributed by atoms with Crippen molar-refractivity contribution in [2.45, 2.75) is 63.8 Å². The first-order valence-corrected chi connectivity index (χ1v) is 12.3. The number of aryl methyl sites for hydroxylation is 1. The monoisotopic (exact) mass is 495 g/mol. The average Bonchev–Trinajstić information content (AvgIpc) is 2.65. The quantitative estimate of drug-likeness (QED) is 0.442. The number of carbonyl (C=O) groups is 1. The number of rotatable bonds is 10. The van der Waals surface area contributed by atoms with Crippen LogP contribution in [0.2, 0.25) is 0 Å². The van der Waals surface area contributed by atoms with E-state index in [0.717, 1.165) is 22.0 Å². The molecule has 2 rings (SSSR count). The summed E-state index contributed by atoms with van der Waals surface area (Å²) in [4.78, 5) is 10.9. The van der Waals surface area contributed by atoms with Gasteiger partial charge in [0.25, 0.3) is 0 Å². The molecule has 0 aliphatic carbocycles. The molecule has 0 saturated heterocycles. The molecule has 0 saturated carbocycles. The Morgan fingerprint density at radius 2 is 1.67 bits per heavy atom. The van der Waals surface area contributed by atoms with E-state index in [1.807, 2.05) is 24.3 Å². The van der Waals surface area contributed by atoms with Crippen LogP contribution in [0.25, 0.3) is 0 Å². The summed E-state index contributed by atoms with van der Waals surface area (Å²) in [7, 11) is -3.66. The third-order valence-corrected chi connectivity index (χ3v) is 6.86. The molecule has 0 amide bonds. The fraction of sp³-hybridized carbons (Fsp3) is 0.435. The van der Waals surface area contributed by atoms with Gasteiger partial charge in [0.2, 0.25) is 10.0 Å². The van der Waals surface area contributed by atoms with Crippen LogP contribution in [0.15, 0.2) is 57.9 Å². The minimum atomic E-state index is -3.66. The summed E-state index contributed by atoms with van der Waals surface area (Å²) in [6, 6.07) is 14.0. The molecule has 1 unspecified atom stereocenters. The van der Waals surface area contributed by atoms with E-state index in [0.29, 0.717) is 19.3 Å². The van der Waals surface area contributed by atoms with E-state index in [4.69, 9.17) is 5.11 Å². The summed E-state index contributed by atoms with van der Waals surface area (Å²) in [5.41, 5.74) is 2.03. The van der Waals surface area contributed by atoms with Crippen molar-refractivity contribution in [1.82, 2.24) is 4.72 Å². The summed E-state index contributed by atoms with van der Waals surface area (Å²) in [5, 5.41) is 8.78. The van der Waals surface area contributed by atoms with Gasteiger partial charge in [-0.3, -0.25) is 4.79 Å². The van der Waals surface area contributed by atoms with Gasteiger partial charge in [0.1, 0.15) is 0 Å². The highest BCUT2D eigenvalue weighted by Gasteiger charge is 2.23. The van der Waals surface area contributed by atoms with Crippen molar-refractivity contribution < 1.29 is 18.3 Å². The van der Waals surface area contributed by atoms with Gasteiger partial charge in [-0.15, -0.1) is 0 Å². The number of hydrogen-bond donors (Lipinski definition) is 2. The molecular weight excluding hydrogens is 466 g/mol. The zero-order chi connectivity index (χ0) is 22.4. The van der Waals surface area contributed by atoms with Gasteiger partial charge in [0, 0.05) is 16.9 Å². The second-order valence-corrected chi connectivity index (χ2v) is 11.3. The van der Waals surface area contributed by atoms with Gasteiger partial charge in [-0.2, -0.15) is 0 Å². The maximum atomic E-state index is 12.9. The van der Waals surface area contributed by atoms with Crippen LogP contribution in [0.1, 0.15) is 63.6 Å². The van der Waals surface area contributed by atoms with Crippen LogP contribution < -0.4 is 4.72 Å². The topological polar surface area (TPSA) is 83.5 Å². The van der Waals surface area contributed by atoms with Gasteiger partial charge >= 0.3 is 5.97 Å². The Hall–Kier alpha value is -1.70. The van der Waals surface area contributed by atoms with E-state index in [9.17, 15) is 13.2 Å². The molecule has 2 aromatic rings. The van der Waals surface area contributed by atoms with Crippen molar-refractivity contribution in [3.8, 4) is 0 Å². The molecule has 0 spiro atoms. The van der Waals surface area contributed by atoms with Gasteiger partial charge in [-0.25, -0.2) is 13.1 Å². The summed E-state index contributed by atoms with van der Waals surface area (Å²) >= 11 is 3.33. The molecule has 0 heterocycles. The smallest absolute Gasteiger partial charge is 0.303 e. The van der Waals surface area contributed by atoms with Crippen LogP contribution >= 0.6 is 15.9 Å². The van der Waals surface area contributed by atoms with Crippen molar-refractivity contribution in [3.05, 3.63) is 64.1 Å². The number of sulfonamides is 1. The number of hydrogen-bond acceptors (Lipinski definition) is 3. The van der Waals surface area contributed by atoms with Gasteiger partial charge in [0.05, 0.1) is 4.90 Å². The average molecular weight is 496 g/mol. The van der Waals surface area contributed by atoms with Crippen molar-refractivity contribution in [2.24, 2.45) is 5.41 Å². The Morgan fingerprint density at radius 1 is 1.07 bits per heavy atom. The SMILES string of the molecule is CC(C)(C)CCC(NS(=O)(=O)c1ccc(Br)cc1)c1ccc(CCCC(=O)O)cc1. The van der Waals surface area contributed by atoms with Crippen LogP contribution in [-0.4, -0.2) is 19.5 Å². The van der Waals surface area contributed by atoms with E-state index in [-0.39, 0.29) is 22.8 Å². The van der Waals surface area contributed by atoms with E-state index < -0.39 is 16.0 Å². The van der Waals surface area contributed by atoms with E-state index in [2.05, 4.69) is 41.4 Å². The maximum Gasteiger partial charge on any atom is 0.303 e. The predicted octanol–water partition coefficient (Wildman–Crippen LogP) is 5.70. The van der Waals surface area contributed by atoms with Crippen LogP contribution in [0, 0.1) is 5.41 Å². The third kappa shape index (κ3) is 8.20. The lowest BCUT2D eigenvalue weighted by Gasteiger charge is -2.24. The lowest BCUT2D eigenvalue weighted by Crippen LogP contribution is -2.29. The number of carboxylic acids is 1. The van der Waals surface area contributed by atoms with Crippen LogP contribution in [0.3, 0.4) is 0 Å². The Bertz CT molecular complexity index is 933. The molecule has 7 heteroatoms. The molecule has 164 valence electrons. The Kier molecular flexibility index (Phi) is 8.64. The summed E-state index contributed by atoms with van der Waals surface area (Å²) < 4.78 is 29.6. The number of carboxylic acid groups (broad SMARTS) is 1. The van der Waals surface area contributed by atoms with E-state index in [1.165, 1.54) is 0 Å². The molecule has 0 bridgehead atoms. The van der Waals surface area contributed by atoms with Crippen molar-refractivity contribution in [3.63, 3.8) is 0 Å².